The zero-order chi connectivity index (χ0) is 23.6. The highest BCUT2D eigenvalue weighted by Gasteiger charge is 2.15. The number of alkyl carbamates (subject to hydrolysis) is 1. The maximum absolute atomic E-state index is 12.0. The fraction of sp³-hybridized carbons (Fsp3) is 0.292. The fourth-order valence-corrected chi connectivity index (χ4v) is 2.97. The van der Waals surface area contributed by atoms with Gasteiger partial charge in [-0.25, -0.2) is 4.79 Å². The SMILES string of the molecule is CC(C)(C)OC(=O)NCCC(=O)Nc1ccc(CNC(=O)/C=C/c2cccc(Br)c2)cc1. The molecule has 3 amide bonds. The molecule has 2 rings (SSSR count). The number of benzene rings is 2. The van der Waals surface area contributed by atoms with Crippen molar-refractivity contribution in [2.24, 2.45) is 0 Å². The van der Waals surface area contributed by atoms with E-state index in [2.05, 4.69) is 31.9 Å². The van der Waals surface area contributed by atoms with Gasteiger partial charge in [0, 0.05) is 35.7 Å². The second-order valence-corrected chi connectivity index (χ2v) is 8.95. The van der Waals surface area contributed by atoms with Gasteiger partial charge in [0.2, 0.25) is 11.8 Å². The van der Waals surface area contributed by atoms with Gasteiger partial charge >= 0.3 is 6.09 Å². The fourth-order valence-electron chi connectivity index (χ4n) is 2.55. The van der Waals surface area contributed by atoms with E-state index in [1.54, 1.807) is 39.0 Å². The molecule has 0 bridgehead atoms. The van der Waals surface area contributed by atoms with Crippen molar-refractivity contribution in [3.63, 3.8) is 0 Å². The minimum atomic E-state index is -0.580. The molecule has 3 N–H and O–H groups in total. The van der Waals surface area contributed by atoms with E-state index in [-0.39, 0.29) is 24.8 Å². The molecular formula is C24H28BrN3O4. The number of anilines is 1. The molecule has 0 aliphatic carbocycles. The molecule has 2 aromatic carbocycles. The van der Waals surface area contributed by atoms with E-state index in [1.165, 1.54) is 6.08 Å². The van der Waals surface area contributed by atoms with Crippen molar-refractivity contribution in [2.45, 2.75) is 39.3 Å². The molecule has 0 atom stereocenters. The van der Waals surface area contributed by atoms with E-state index in [9.17, 15) is 14.4 Å². The van der Waals surface area contributed by atoms with Crippen LogP contribution in [-0.4, -0.2) is 30.1 Å². The zero-order valence-corrected chi connectivity index (χ0v) is 20.0. The maximum Gasteiger partial charge on any atom is 0.407 e. The number of amides is 3. The summed E-state index contributed by atoms with van der Waals surface area (Å²) in [5.41, 5.74) is 1.88. The molecule has 8 heteroatoms. The highest BCUT2D eigenvalue weighted by Crippen LogP contribution is 2.13. The number of hydrogen-bond donors (Lipinski definition) is 3. The minimum absolute atomic E-state index is 0.126. The molecule has 32 heavy (non-hydrogen) atoms. The van der Waals surface area contributed by atoms with Gasteiger partial charge in [0.15, 0.2) is 0 Å². The van der Waals surface area contributed by atoms with Crippen LogP contribution < -0.4 is 16.0 Å². The Morgan fingerprint density at radius 1 is 1.03 bits per heavy atom. The Morgan fingerprint density at radius 3 is 2.41 bits per heavy atom. The number of ether oxygens (including phenoxy) is 1. The Morgan fingerprint density at radius 2 is 1.75 bits per heavy atom. The summed E-state index contributed by atoms with van der Waals surface area (Å²) in [5.74, 6) is -0.417. The van der Waals surface area contributed by atoms with Crippen LogP contribution in [0.2, 0.25) is 0 Å². The van der Waals surface area contributed by atoms with E-state index < -0.39 is 11.7 Å². The Balaban J connectivity index is 1.71. The van der Waals surface area contributed by atoms with Crippen molar-refractivity contribution in [3.05, 3.63) is 70.2 Å². The van der Waals surface area contributed by atoms with Gasteiger partial charge in [-0.3, -0.25) is 9.59 Å². The predicted molar refractivity (Wildman–Crippen MR) is 129 cm³/mol. The van der Waals surface area contributed by atoms with Gasteiger partial charge in [-0.2, -0.15) is 0 Å². The smallest absolute Gasteiger partial charge is 0.407 e. The molecule has 170 valence electrons. The first-order chi connectivity index (χ1) is 15.1. The van der Waals surface area contributed by atoms with Crippen LogP contribution in [0.3, 0.4) is 0 Å². The quantitative estimate of drug-likeness (QED) is 0.459. The third kappa shape index (κ3) is 10.3. The first-order valence-corrected chi connectivity index (χ1v) is 11.0. The lowest BCUT2D eigenvalue weighted by Crippen LogP contribution is -2.34. The summed E-state index contributed by atoms with van der Waals surface area (Å²) < 4.78 is 6.07. The standard InChI is InChI=1S/C24H28BrN3O4/c1-24(2,3)32-23(31)26-14-13-22(30)28-20-10-7-18(8-11-20)16-27-21(29)12-9-17-5-4-6-19(25)15-17/h4-12,15H,13-14,16H2,1-3H3,(H,26,31)(H,27,29)(H,28,30)/b12-9+. The summed E-state index contributed by atoms with van der Waals surface area (Å²) in [6.07, 6.45) is 2.81. The number of rotatable bonds is 8. The molecule has 0 saturated heterocycles. The van der Waals surface area contributed by atoms with Crippen molar-refractivity contribution in [1.29, 1.82) is 0 Å². The maximum atomic E-state index is 12.0. The van der Waals surface area contributed by atoms with Crippen molar-refractivity contribution in [2.75, 3.05) is 11.9 Å². The van der Waals surface area contributed by atoms with E-state index in [0.717, 1.165) is 15.6 Å². The Kier molecular flexibility index (Phi) is 9.46. The van der Waals surface area contributed by atoms with E-state index >= 15 is 0 Å². The van der Waals surface area contributed by atoms with Crippen LogP contribution in [0, 0.1) is 0 Å². The first-order valence-electron chi connectivity index (χ1n) is 10.2. The zero-order valence-electron chi connectivity index (χ0n) is 18.4. The van der Waals surface area contributed by atoms with Crippen molar-refractivity contribution in [3.8, 4) is 0 Å². The second-order valence-electron chi connectivity index (χ2n) is 8.03. The average Bonchev–Trinajstić information content (AvgIpc) is 2.70. The highest BCUT2D eigenvalue weighted by molar-refractivity contribution is 9.10. The number of hydrogen-bond acceptors (Lipinski definition) is 4. The molecular weight excluding hydrogens is 474 g/mol. The van der Waals surface area contributed by atoms with Crippen LogP contribution in [0.1, 0.15) is 38.3 Å². The van der Waals surface area contributed by atoms with Crippen molar-refractivity contribution >= 4 is 45.6 Å². The van der Waals surface area contributed by atoms with Gasteiger partial charge in [-0.1, -0.05) is 40.2 Å². The normalized spacial score (nSPS) is 11.1. The molecule has 0 unspecified atom stereocenters. The summed E-state index contributed by atoms with van der Waals surface area (Å²) >= 11 is 3.40. The predicted octanol–water partition coefficient (Wildman–Crippen LogP) is 4.63. The molecule has 7 nitrogen and oxygen atoms in total. The number of carbonyl (C=O) groups excluding carboxylic acids is 3. The number of nitrogens with one attached hydrogen (secondary N) is 3. The molecule has 0 aromatic heterocycles. The van der Waals surface area contributed by atoms with Gasteiger partial charge in [0.1, 0.15) is 5.60 Å². The monoisotopic (exact) mass is 501 g/mol. The minimum Gasteiger partial charge on any atom is -0.444 e. The van der Waals surface area contributed by atoms with Gasteiger partial charge in [0.05, 0.1) is 0 Å². The molecule has 0 aliphatic rings. The van der Waals surface area contributed by atoms with Crippen LogP contribution in [0.4, 0.5) is 10.5 Å². The topological polar surface area (TPSA) is 96.5 Å². The van der Waals surface area contributed by atoms with Crippen LogP contribution >= 0.6 is 15.9 Å². The number of halogens is 1. The van der Waals surface area contributed by atoms with Gasteiger partial charge < -0.3 is 20.7 Å². The van der Waals surface area contributed by atoms with Crippen LogP contribution in [0.15, 0.2) is 59.1 Å². The summed E-state index contributed by atoms with van der Waals surface area (Å²) in [6, 6.07) is 14.8. The number of carbonyl (C=O) groups is 3. The summed E-state index contributed by atoms with van der Waals surface area (Å²) in [7, 11) is 0. The van der Waals surface area contributed by atoms with Crippen molar-refractivity contribution in [1.82, 2.24) is 10.6 Å². The van der Waals surface area contributed by atoms with E-state index in [4.69, 9.17) is 4.74 Å². The molecule has 0 spiro atoms. The Labute approximate surface area is 196 Å². The van der Waals surface area contributed by atoms with Crippen LogP contribution in [0.5, 0.6) is 0 Å². The molecule has 0 radical (unpaired) electrons. The summed E-state index contributed by atoms with van der Waals surface area (Å²) in [5, 5.41) is 8.13. The van der Waals surface area contributed by atoms with Crippen molar-refractivity contribution < 1.29 is 19.1 Å². The Hall–Kier alpha value is -3.13. The molecule has 0 fully saturated rings. The molecule has 0 heterocycles. The lowest BCUT2D eigenvalue weighted by molar-refractivity contribution is -0.117. The summed E-state index contributed by atoms with van der Waals surface area (Å²) in [4.78, 5) is 35.6. The van der Waals surface area contributed by atoms with Crippen LogP contribution in [0.25, 0.3) is 6.08 Å². The van der Waals surface area contributed by atoms with Crippen LogP contribution in [-0.2, 0) is 20.9 Å². The van der Waals surface area contributed by atoms with Gasteiger partial charge in [-0.05, 0) is 62.2 Å². The molecule has 2 aromatic rings. The van der Waals surface area contributed by atoms with Gasteiger partial charge in [-0.15, -0.1) is 0 Å². The molecule has 0 saturated carbocycles. The highest BCUT2D eigenvalue weighted by atomic mass is 79.9. The second kappa shape index (κ2) is 12.0. The lowest BCUT2D eigenvalue weighted by atomic mass is 10.2. The van der Waals surface area contributed by atoms with Gasteiger partial charge in [0.25, 0.3) is 0 Å². The summed E-state index contributed by atoms with van der Waals surface area (Å²) in [6.45, 7) is 5.87. The van der Waals surface area contributed by atoms with E-state index in [1.807, 2.05) is 36.4 Å². The Bertz CT molecular complexity index is 966. The van der Waals surface area contributed by atoms with E-state index in [0.29, 0.717) is 12.2 Å². The molecule has 0 aliphatic heterocycles. The lowest BCUT2D eigenvalue weighted by Gasteiger charge is -2.19. The third-order valence-corrected chi connectivity index (χ3v) is 4.49. The largest absolute Gasteiger partial charge is 0.444 e. The third-order valence-electron chi connectivity index (χ3n) is 4.00. The average molecular weight is 502 g/mol. The first kappa shape index (κ1) is 25.1.